The normalized spacial score (nSPS) is 12.5. The molecule has 0 saturated carbocycles. The van der Waals surface area contributed by atoms with E-state index in [0.29, 0.717) is 5.88 Å². The Hall–Kier alpha value is -1.20. The summed E-state index contributed by atoms with van der Waals surface area (Å²) in [5.41, 5.74) is 0.801. The molecule has 2 N–H and O–H groups in total. The maximum atomic E-state index is 8.95. The summed E-state index contributed by atoms with van der Waals surface area (Å²) in [6.07, 6.45) is 2.17. The second-order valence-corrected chi connectivity index (χ2v) is 2.64. The zero-order valence-electron chi connectivity index (χ0n) is 7.34. The van der Waals surface area contributed by atoms with Gasteiger partial charge in [0.1, 0.15) is 12.7 Å². The van der Waals surface area contributed by atoms with Crippen LogP contribution in [0.4, 0.5) is 0 Å². The molecule has 0 aliphatic rings. The first-order valence-electron chi connectivity index (χ1n) is 3.92. The third kappa shape index (κ3) is 3.35. The molecule has 0 saturated heterocycles. The van der Waals surface area contributed by atoms with E-state index in [2.05, 4.69) is 9.97 Å². The Morgan fingerprint density at radius 1 is 1.46 bits per heavy atom. The third-order valence-electron chi connectivity index (χ3n) is 1.39. The summed E-state index contributed by atoms with van der Waals surface area (Å²) in [5, 5.41) is 17.4. The van der Waals surface area contributed by atoms with Gasteiger partial charge in [-0.2, -0.15) is 0 Å². The van der Waals surface area contributed by atoms with Crippen molar-refractivity contribution in [1.29, 1.82) is 0 Å². The monoisotopic (exact) mass is 184 g/mol. The van der Waals surface area contributed by atoms with Crippen LogP contribution in [0.1, 0.15) is 5.69 Å². The molecule has 0 unspecified atom stereocenters. The van der Waals surface area contributed by atoms with Crippen LogP contribution in [-0.2, 0) is 0 Å². The van der Waals surface area contributed by atoms with Crippen LogP contribution >= 0.6 is 0 Å². The zero-order chi connectivity index (χ0) is 9.68. The van der Waals surface area contributed by atoms with Gasteiger partial charge in [-0.25, -0.2) is 4.98 Å². The second-order valence-electron chi connectivity index (χ2n) is 2.64. The maximum Gasteiger partial charge on any atom is 0.232 e. The molecule has 0 aliphatic heterocycles. The molecule has 0 aromatic carbocycles. The van der Waals surface area contributed by atoms with Gasteiger partial charge in [0, 0.05) is 0 Å². The van der Waals surface area contributed by atoms with Crippen molar-refractivity contribution in [2.75, 3.05) is 13.2 Å². The van der Waals surface area contributed by atoms with Crippen LogP contribution in [0.25, 0.3) is 0 Å². The van der Waals surface area contributed by atoms with Crippen molar-refractivity contribution < 1.29 is 14.9 Å². The van der Waals surface area contributed by atoms with Crippen molar-refractivity contribution in [2.24, 2.45) is 0 Å². The van der Waals surface area contributed by atoms with Gasteiger partial charge in [-0.3, -0.25) is 4.98 Å². The summed E-state index contributed by atoms with van der Waals surface area (Å²) in [6, 6.07) is 0. The fourth-order valence-electron chi connectivity index (χ4n) is 0.690. The average molecular weight is 184 g/mol. The molecule has 1 atom stereocenters. The molecule has 1 rings (SSSR count). The van der Waals surface area contributed by atoms with Crippen molar-refractivity contribution in [3.05, 3.63) is 18.1 Å². The first-order valence-corrected chi connectivity index (χ1v) is 3.92. The number of aromatic nitrogens is 2. The van der Waals surface area contributed by atoms with Crippen LogP contribution in [0.2, 0.25) is 0 Å². The van der Waals surface area contributed by atoms with Crippen molar-refractivity contribution in [3.63, 3.8) is 0 Å². The van der Waals surface area contributed by atoms with Crippen LogP contribution in [0.3, 0.4) is 0 Å². The van der Waals surface area contributed by atoms with Crippen LogP contribution in [0.15, 0.2) is 12.4 Å². The quantitative estimate of drug-likeness (QED) is 0.660. The smallest absolute Gasteiger partial charge is 0.232 e. The SMILES string of the molecule is Cc1cnc(OC[C@@H](O)CO)cn1. The van der Waals surface area contributed by atoms with E-state index in [9.17, 15) is 0 Å². The predicted octanol–water partition coefficient (Wildman–Crippen LogP) is -0.483. The molecule has 0 bridgehead atoms. The molecule has 0 radical (unpaired) electrons. The Labute approximate surface area is 76.0 Å². The highest BCUT2D eigenvalue weighted by Gasteiger charge is 2.03. The van der Waals surface area contributed by atoms with Gasteiger partial charge in [-0.05, 0) is 6.92 Å². The van der Waals surface area contributed by atoms with Crippen molar-refractivity contribution >= 4 is 0 Å². The molecule has 0 fully saturated rings. The fourth-order valence-corrected chi connectivity index (χ4v) is 0.690. The van der Waals surface area contributed by atoms with E-state index in [-0.39, 0.29) is 13.2 Å². The van der Waals surface area contributed by atoms with E-state index in [0.717, 1.165) is 5.69 Å². The van der Waals surface area contributed by atoms with Crippen molar-refractivity contribution in [2.45, 2.75) is 13.0 Å². The van der Waals surface area contributed by atoms with Gasteiger partial charge < -0.3 is 14.9 Å². The van der Waals surface area contributed by atoms with Crippen LogP contribution < -0.4 is 4.74 Å². The van der Waals surface area contributed by atoms with Gasteiger partial charge in [-0.1, -0.05) is 0 Å². The molecule has 1 aromatic rings. The van der Waals surface area contributed by atoms with Crippen molar-refractivity contribution in [3.8, 4) is 5.88 Å². The molecule has 72 valence electrons. The number of nitrogens with zero attached hydrogens (tertiary/aromatic N) is 2. The minimum absolute atomic E-state index is 0.0221. The number of rotatable bonds is 4. The molecule has 1 heterocycles. The lowest BCUT2D eigenvalue weighted by molar-refractivity contribution is 0.0519. The Morgan fingerprint density at radius 3 is 2.77 bits per heavy atom. The molecule has 1 aromatic heterocycles. The Kier molecular flexibility index (Phi) is 3.60. The molecule has 5 heteroatoms. The molecule has 13 heavy (non-hydrogen) atoms. The minimum atomic E-state index is -0.872. The summed E-state index contributed by atoms with van der Waals surface area (Å²) in [4.78, 5) is 7.86. The van der Waals surface area contributed by atoms with E-state index in [1.807, 2.05) is 6.92 Å². The van der Waals surface area contributed by atoms with Gasteiger partial charge in [0.15, 0.2) is 0 Å². The van der Waals surface area contributed by atoms with Gasteiger partial charge in [0.2, 0.25) is 5.88 Å². The van der Waals surface area contributed by atoms with E-state index < -0.39 is 6.10 Å². The van der Waals surface area contributed by atoms with Gasteiger partial charge in [0.25, 0.3) is 0 Å². The molecular weight excluding hydrogens is 172 g/mol. The van der Waals surface area contributed by atoms with Gasteiger partial charge in [-0.15, -0.1) is 0 Å². The molecule has 5 nitrogen and oxygen atoms in total. The molecule has 0 aliphatic carbocycles. The third-order valence-corrected chi connectivity index (χ3v) is 1.39. The average Bonchev–Trinajstić information content (AvgIpc) is 2.16. The van der Waals surface area contributed by atoms with E-state index in [1.165, 1.54) is 6.20 Å². The predicted molar refractivity (Wildman–Crippen MR) is 45.4 cm³/mol. The molecule has 0 spiro atoms. The molecular formula is C8H12N2O3. The summed E-state index contributed by atoms with van der Waals surface area (Å²) < 4.78 is 5.03. The maximum absolute atomic E-state index is 8.95. The highest BCUT2D eigenvalue weighted by atomic mass is 16.5. The van der Waals surface area contributed by atoms with E-state index in [1.54, 1.807) is 6.20 Å². The lowest BCUT2D eigenvalue weighted by Gasteiger charge is -2.08. The second kappa shape index (κ2) is 4.74. The largest absolute Gasteiger partial charge is 0.474 e. The lowest BCUT2D eigenvalue weighted by atomic mass is 10.4. The van der Waals surface area contributed by atoms with E-state index in [4.69, 9.17) is 14.9 Å². The van der Waals surface area contributed by atoms with Crippen molar-refractivity contribution in [1.82, 2.24) is 9.97 Å². The number of hydrogen-bond acceptors (Lipinski definition) is 5. The Balaban J connectivity index is 2.41. The van der Waals surface area contributed by atoms with Crippen LogP contribution in [-0.4, -0.2) is 39.5 Å². The number of aliphatic hydroxyl groups excluding tert-OH is 2. The highest BCUT2D eigenvalue weighted by molar-refractivity contribution is 5.05. The number of ether oxygens (including phenoxy) is 1. The first-order chi connectivity index (χ1) is 6.22. The lowest BCUT2D eigenvalue weighted by Crippen LogP contribution is -2.21. The minimum Gasteiger partial charge on any atom is -0.474 e. The van der Waals surface area contributed by atoms with Crippen LogP contribution in [0.5, 0.6) is 5.88 Å². The Morgan fingerprint density at radius 2 is 2.23 bits per heavy atom. The zero-order valence-corrected chi connectivity index (χ0v) is 7.34. The summed E-state index contributed by atoms with van der Waals surface area (Å²) in [6.45, 7) is 1.52. The fraction of sp³-hybridized carbons (Fsp3) is 0.500. The highest BCUT2D eigenvalue weighted by Crippen LogP contribution is 2.03. The topological polar surface area (TPSA) is 75.5 Å². The summed E-state index contributed by atoms with van der Waals surface area (Å²) in [5.74, 6) is 0.345. The molecule has 0 amide bonds. The van der Waals surface area contributed by atoms with E-state index >= 15 is 0 Å². The van der Waals surface area contributed by atoms with Gasteiger partial charge >= 0.3 is 0 Å². The summed E-state index contributed by atoms with van der Waals surface area (Å²) >= 11 is 0. The number of hydrogen-bond donors (Lipinski definition) is 2. The standard InChI is InChI=1S/C8H12N2O3/c1-6-2-10-8(3-9-6)13-5-7(12)4-11/h2-3,7,11-12H,4-5H2,1H3/t7-/m0/s1. The summed E-state index contributed by atoms with van der Waals surface area (Å²) in [7, 11) is 0. The number of aryl methyl sites for hydroxylation is 1. The van der Waals surface area contributed by atoms with Crippen LogP contribution in [0, 0.1) is 6.92 Å². The Bertz CT molecular complexity index is 250. The number of aliphatic hydroxyl groups is 2. The van der Waals surface area contributed by atoms with Gasteiger partial charge in [0.05, 0.1) is 24.7 Å². The first kappa shape index (κ1) is 9.88.